The van der Waals surface area contributed by atoms with E-state index < -0.39 is 0 Å². The van der Waals surface area contributed by atoms with E-state index in [1.807, 2.05) is 6.21 Å². The van der Waals surface area contributed by atoms with E-state index in [9.17, 15) is 0 Å². The highest BCUT2D eigenvalue weighted by Crippen LogP contribution is 2.31. The topological polar surface area (TPSA) is 12.4 Å². The van der Waals surface area contributed by atoms with E-state index in [1.54, 1.807) is 0 Å². The summed E-state index contributed by atoms with van der Waals surface area (Å²) in [6, 6.07) is 45.2. The zero-order valence-electron chi connectivity index (χ0n) is 18.2. The summed E-state index contributed by atoms with van der Waals surface area (Å²) in [6.07, 6.45) is 2.04. The van der Waals surface area contributed by atoms with E-state index in [0.29, 0.717) is 0 Å². The zero-order chi connectivity index (χ0) is 22.0. The number of fused-ring (bicyclic) bond motifs is 3. The largest absolute Gasteiger partial charge is 0.280 e. The van der Waals surface area contributed by atoms with Crippen LogP contribution in [0.15, 0.2) is 132 Å². The molecular weight excluding hydrogens is 398 g/mol. The second-order valence-electron chi connectivity index (χ2n) is 8.46. The molecule has 0 saturated carbocycles. The lowest BCUT2D eigenvalue weighted by atomic mass is 9.94. The normalized spacial score (nSPS) is 11.8. The predicted molar refractivity (Wildman–Crippen MR) is 141 cm³/mol. The Morgan fingerprint density at radius 1 is 0.455 bits per heavy atom. The Kier molecular flexibility index (Phi) is 4.93. The summed E-state index contributed by atoms with van der Waals surface area (Å²) in [5.41, 5.74) is 3.53. The van der Waals surface area contributed by atoms with Crippen LogP contribution in [0.3, 0.4) is 0 Å². The molecule has 0 fully saturated rings. The quantitative estimate of drug-likeness (QED) is 0.254. The van der Waals surface area contributed by atoms with Crippen molar-refractivity contribution in [3.05, 3.63) is 144 Å². The minimum absolute atomic E-state index is 0.0850. The molecule has 0 aliphatic rings. The molecule has 0 N–H and O–H groups in total. The molecule has 0 atom stereocenters. The number of hydrogen-bond acceptors (Lipinski definition) is 1. The van der Waals surface area contributed by atoms with Crippen LogP contribution in [-0.4, -0.2) is 6.21 Å². The number of nitrogens with zero attached hydrogens (tertiary/aromatic N) is 1. The number of aliphatic imine (C=N–C) groups is 1. The highest BCUT2D eigenvalue weighted by molar-refractivity contribution is 6.00. The first-order valence-corrected chi connectivity index (χ1v) is 11.3. The van der Waals surface area contributed by atoms with Gasteiger partial charge in [-0.05, 0) is 55.6 Å². The van der Waals surface area contributed by atoms with Crippen molar-refractivity contribution in [3.63, 3.8) is 0 Å². The van der Waals surface area contributed by atoms with Gasteiger partial charge in [-0.2, -0.15) is 0 Å². The van der Waals surface area contributed by atoms with Crippen molar-refractivity contribution in [1.29, 1.82) is 0 Å². The van der Waals surface area contributed by atoms with E-state index in [1.165, 1.54) is 43.4 Å². The molecule has 0 spiro atoms. The first kappa shape index (κ1) is 19.5. The van der Waals surface area contributed by atoms with Gasteiger partial charge in [0.05, 0.1) is 6.04 Å². The van der Waals surface area contributed by atoms with Crippen LogP contribution in [0, 0.1) is 0 Å². The van der Waals surface area contributed by atoms with Crippen molar-refractivity contribution < 1.29 is 0 Å². The smallest absolute Gasteiger partial charge is 0.1000 e. The second kappa shape index (κ2) is 8.37. The summed E-state index contributed by atoms with van der Waals surface area (Å²) in [7, 11) is 0. The fourth-order valence-corrected chi connectivity index (χ4v) is 4.64. The molecule has 0 unspecified atom stereocenters. The van der Waals surface area contributed by atoms with Gasteiger partial charge in [-0.15, -0.1) is 0 Å². The van der Waals surface area contributed by atoms with Crippen LogP contribution in [0.2, 0.25) is 0 Å². The minimum atomic E-state index is -0.0850. The maximum Gasteiger partial charge on any atom is 0.1000 e. The van der Waals surface area contributed by atoms with E-state index >= 15 is 0 Å². The number of benzene rings is 6. The zero-order valence-corrected chi connectivity index (χ0v) is 18.2. The molecule has 156 valence electrons. The minimum Gasteiger partial charge on any atom is -0.280 e. The summed E-state index contributed by atoms with van der Waals surface area (Å²) in [6.45, 7) is 0. The van der Waals surface area contributed by atoms with Crippen molar-refractivity contribution >= 4 is 38.5 Å². The molecule has 6 aromatic rings. The SMILES string of the molecule is C(=NC(c1ccc2ccccc2c1)c1ccc2ccccc2c1)c1cccc2ccccc12. The van der Waals surface area contributed by atoms with E-state index in [2.05, 4.69) is 127 Å². The molecule has 6 aromatic carbocycles. The third-order valence-electron chi connectivity index (χ3n) is 6.36. The molecule has 0 aliphatic heterocycles. The molecule has 1 nitrogen and oxygen atoms in total. The summed E-state index contributed by atoms with van der Waals surface area (Å²) >= 11 is 0. The van der Waals surface area contributed by atoms with Gasteiger partial charge in [-0.1, -0.05) is 115 Å². The van der Waals surface area contributed by atoms with Crippen LogP contribution in [-0.2, 0) is 0 Å². The third-order valence-corrected chi connectivity index (χ3v) is 6.36. The lowest BCUT2D eigenvalue weighted by Gasteiger charge is -2.16. The summed E-state index contributed by atoms with van der Waals surface area (Å²) < 4.78 is 0. The van der Waals surface area contributed by atoms with Crippen LogP contribution in [0.25, 0.3) is 32.3 Å². The molecule has 0 aromatic heterocycles. The van der Waals surface area contributed by atoms with Gasteiger partial charge in [0.2, 0.25) is 0 Å². The van der Waals surface area contributed by atoms with Crippen molar-refractivity contribution in [2.45, 2.75) is 6.04 Å². The van der Waals surface area contributed by atoms with Gasteiger partial charge in [0.15, 0.2) is 0 Å². The number of rotatable bonds is 4. The van der Waals surface area contributed by atoms with Gasteiger partial charge < -0.3 is 0 Å². The Balaban J connectivity index is 1.50. The van der Waals surface area contributed by atoms with Crippen LogP contribution >= 0.6 is 0 Å². The van der Waals surface area contributed by atoms with Crippen molar-refractivity contribution in [1.82, 2.24) is 0 Å². The van der Waals surface area contributed by atoms with E-state index in [4.69, 9.17) is 4.99 Å². The van der Waals surface area contributed by atoms with Gasteiger partial charge in [0.1, 0.15) is 0 Å². The Morgan fingerprint density at radius 3 is 1.61 bits per heavy atom. The predicted octanol–water partition coefficient (Wildman–Crippen LogP) is 8.35. The van der Waals surface area contributed by atoms with E-state index in [0.717, 1.165) is 5.56 Å². The Morgan fingerprint density at radius 2 is 0.970 bits per heavy atom. The highest BCUT2D eigenvalue weighted by Gasteiger charge is 2.14. The highest BCUT2D eigenvalue weighted by atomic mass is 14.8. The lowest BCUT2D eigenvalue weighted by Crippen LogP contribution is -2.00. The fourth-order valence-electron chi connectivity index (χ4n) is 4.64. The monoisotopic (exact) mass is 421 g/mol. The summed E-state index contributed by atoms with van der Waals surface area (Å²) in [5, 5.41) is 7.42. The molecule has 33 heavy (non-hydrogen) atoms. The Hall–Kier alpha value is -4.23. The lowest BCUT2D eigenvalue weighted by molar-refractivity contribution is 0.882. The van der Waals surface area contributed by atoms with E-state index in [-0.39, 0.29) is 6.04 Å². The average Bonchev–Trinajstić information content (AvgIpc) is 2.89. The summed E-state index contributed by atoms with van der Waals surface area (Å²) in [4.78, 5) is 5.17. The average molecular weight is 422 g/mol. The molecule has 0 radical (unpaired) electrons. The van der Waals surface area contributed by atoms with Crippen molar-refractivity contribution in [2.24, 2.45) is 4.99 Å². The van der Waals surface area contributed by atoms with Gasteiger partial charge >= 0.3 is 0 Å². The molecule has 0 amide bonds. The Labute approximate surface area is 193 Å². The van der Waals surface area contributed by atoms with Crippen LogP contribution < -0.4 is 0 Å². The van der Waals surface area contributed by atoms with Crippen molar-refractivity contribution in [2.75, 3.05) is 0 Å². The van der Waals surface area contributed by atoms with Crippen LogP contribution in [0.4, 0.5) is 0 Å². The standard InChI is InChI=1S/C32H23N/c1-3-11-26-20-28(18-16-23(26)8-1)32(29-19-17-24-9-2-4-12-27(24)21-29)33-22-30-14-7-13-25-10-5-6-15-31(25)30/h1-22,32H. The first-order valence-electron chi connectivity index (χ1n) is 11.3. The molecule has 6 rings (SSSR count). The molecule has 0 saturated heterocycles. The fraction of sp³-hybridized carbons (Fsp3) is 0.0312. The molecule has 0 bridgehead atoms. The molecular formula is C32H23N. The first-order chi connectivity index (χ1) is 16.3. The van der Waals surface area contributed by atoms with Crippen molar-refractivity contribution in [3.8, 4) is 0 Å². The second-order valence-corrected chi connectivity index (χ2v) is 8.46. The molecule has 1 heteroatoms. The van der Waals surface area contributed by atoms with Gasteiger partial charge in [0.25, 0.3) is 0 Å². The van der Waals surface area contributed by atoms with Crippen LogP contribution in [0.5, 0.6) is 0 Å². The maximum atomic E-state index is 5.17. The third kappa shape index (κ3) is 3.79. The molecule has 0 heterocycles. The number of hydrogen-bond donors (Lipinski definition) is 0. The Bertz CT molecular complexity index is 1540. The van der Waals surface area contributed by atoms with Gasteiger partial charge in [0, 0.05) is 11.8 Å². The van der Waals surface area contributed by atoms with Gasteiger partial charge in [-0.25, -0.2) is 0 Å². The van der Waals surface area contributed by atoms with Gasteiger partial charge in [-0.3, -0.25) is 4.99 Å². The molecule has 0 aliphatic carbocycles. The maximum absolute atomic E-state index is 5.17. The van der Waals surface area contributed by atoms with Crippen LogP contribution in [0.1, 0.15) is 22.7 Å². The summed E-state index contributed by atoms with van der Waals surface area (Å²) in [5.74, 6) is 0.